The molecule has 2 aliphatic rings. The van der Waals surface area contributed by atoms with Gasteiger partial charge in [-0.05, 0) is 42.7 Å². The first-order valence-corrected chi connectivity index (χ1v) is 10.5. The van der Waals surface area contributed by atoms with E-state index in [2.05, 4.69) is 32.6 Å². The number of nitrogens with one attached hydrogen (secondary N) is 3. The van der Waals surface area contributed by atoms with E-state index in [-0.39, 0.29) is 23.0 Å². The van der Waals surface area contributed by atoms with Crippen molar-refractivity contribution in [2.45, 2.75) is 31.5 Å². The number of halogens is 4. The molecule has 7 nitrogen and oxygen atoms in total. The van der Waals surface area contributed by atoms with Gasteiger partial charge in [0.25, 0.3) is 0 Å². The molecule has 0 radical (unpaired) electrons. The van der Waals surface area contributed by atoms with E-state index < -0.39 is 11.7 Å². The van der Waals surface area contributed by atoms with Gasteiger partial charge >= 0.3 is 6.18 Å². The maximum Gasteiger partial charge on any atom is 0.417 e. The zero-order valence-electron chi connectivity index (χ0n) is 17.1. The smallest absolute Gasteiger partial charge is 0.367 e. The summed E-state index contributed by atoms with van der Waals surface area (Å²) >= 11 is 5.73. The highest BCUT2D eigenvalue weighted by Gasteiger charge is 2.33. The predicted octanol–water partition coefficient (Wildman–Crippen LogP) is 5.14. The van der Waals surface area contributed by atoms with E-state index in [1.165, 1.54) is 12.1 Å². The minimum absolute atomic E-state index is 0.141. The average molecular weight is 475 g/mol. The third kappa shape index (κ3) is 4.38. The second-order valence-corrected chi connectivity index (χ2v) is 8.38. The van der Waals surface area contributed by atoms with Crippen LogP contribution in [-0.4, -0.2) is 26.5 Å². The monoisotopic (exact) mass is 474 g/mol. The number of benzene rings is 1. The minimum atomic E-state index is -4.58. The van der Waals surface area contributed by atoms with E-state index in [0.29, 0.717) is 34.6 Å². The summed E-state index contributed by atoms with van der Waals surface area (Å²) in [6, 6.07) is 5.59. The van der Waals surface area contributed by atoms with Crippen LogP contribution in [0, 0.1) is 0 Å². The quantitative estimate of drug-likeness (QED) is 0.477. The molecule has 2 aromatic heterocycles. The van der Waals surface area contributed by atoms with Gasteiger partial charge in [-0.1, -0.05) is 18.2 Å². The largest absolute Gasteiger partial charge is 0.417 e. The van der Waals surface area contributed by atoms with Crippen LogP contribution in [0.4, 0.5) is 30.5 Å². The van der Waals surface area contributed by atoms with E-state index in [1.54, 1.807) is 22.9 Å². The van der Waals surface area contributed by atoms with Crippen molar-refractivity contribution in [2.24, 2.45) is 0 Å². The first kappa shape index (κ1) is 21.3. The van der Waals surface area contributed by atoms with Crippen LogP contribution in [0.25, 0.3) is 11.7 Å². The van der Waals surface area contributed by atoms with Crippen molar-refractivity contribution >= 4 is 46.6 Å². The van der Waals surface area contributed by atoms with E-state index >= 15 is 0 Å². The lowest BCUT2D eigenvalue weighted by Crippen LogP contribution is -2.10. The van der Waals surface area contributed by atoms with Crippen LogP contribution < -0.4 is 16.0 Å². The van der Waals surface area contributed by atoms with E-state index in [0.717, 1.165) is 24.5 Å². The molecule has 1 amide bonds. The molecule has 1 aliphatic carbocycles. The summed E-state index contributed by atoms with van der Waals surface area (Å²) in [5.41, 5.74) is 1.63. The van der Waals surface area contributed by atoms with Gasteiger partial charge in [-0.15, -0.1) is 0 Å². The van der Waals surface area contributed by atoms with Crippen molar-refractivity contribution in [2.75, 3.05) is 10.6 Å². The Balaban J connectivity index is 1.56. The topological polar surface area (TPSA) is 83.4 Å². The summed E-state index contributed by atoms with van der Waals surface area (Å²) in [6.45, 7) is 3.85. The summed E-state index contributed by atoms with van der Waals surface area (Å²) < 4.78 is 41.4. The molecule has 0 unspecified atom stereocenters. The molecule has 3 heterocycles. The second-order valence-electron chi connectivity index (χ2n) is 7.97. The molecule has 1 aliphatic heterocycles. The van der Waals surface area contributed by atoms with Gasteiger partial charge in [-0.2, -0.15) is 22.8 Å². The number of rotatable bonds is 5. The van der Waals surface area contributed by atoms with Crippen LogP contribution in [0.2, 0.25) is 5.02 Å². The highest BCUT2D eigenvalue weighted by atomic mass is 35.5. The molecule has 3 N–H and O–H groups in total. The van der Waals surface area contributed by atoms with Gasteiger partial charge in [0.05, 0.1) is 23.2 Å². The van der Waals surface area contributed by atoms with Crippen LogP contribution in [0.15, 0.2) is 48.3 Å². The number of aromatic nitrogens is 3. The van der Waals surface area contributed by atoms with Gasteiger partial charge in [0.1, 0.15) is 11.6 Å². The third-order valence-corrected chi connectivity index (χ3v) is 5.66. The number of amides is 1. The van der Waals surface area contributed by atoms with Crippen molar-refractivity contribution in [1.29, 1.82) is 0 Å². The molecule has 5 rings (SSSR count). The number of carbonyl (C=O) groups is 1. The number of nitrogens with zero attached hydrogens (tertiary/aromatic N) is 3. The molecule has 1 saturated heterocycles. The number of hydrogen-bond donors (Lipinski definition) is 3. The normalized spacial score (nSPS) is 17.6. The highest BCUT2D eigenvalue weighted by Crippen LogP contribution is 2.37. The summed E-state index contributed by atoms with van der Waals surface area (Å²) in [7, 11) is 0. The molecule has 3 aromatic rings. The first-order valence-electron chi connectivity index (χ1n) is 10.2. The lowest BCUT2D eigenvalue weighted by molar-refractivity contribution is -0.137. The summed E-state index contributed by atoms with van der Waals surface area (Å²) in [4.78, 5) is 16.2. The van der Waals surface area contributed by atoms with Gasteiger partial charge < -0.3 is 16.0 Å². The fraction of sp³-hybridized carbons (Fsp3) is 0.227. The van der Waals surface area contributed by atoms with Crippen molar-refractivity contribution in [1.82, 2.24) is 19.9 Å². The van der Waals surface area contributed by atoms with Gasteiger partial charge in [0, 0.05) is 29.1 Å². The number of fused-ring (bicyclic) bond motifs is 1. The van der Waals surface area contributed by atoms with Gasteiger partial charge in [-0.3, -0.25) is 4.79 Å². The number of alkyl halides is 3. The van der Waals surface area contributed by atoms with E-state index in [9.17, 15) is 18.0 Å². The second kappa shape index (κ2) is 7.80. The fourth-order valence-corrected chi connectivity index (χ4v) is 3.78. The summed E-state index contributed by atoms with van der Waals surface area (Å²) in [5.74, 6) is 0.845. The Bertz CT molecular complexity index is 1330. The Morgan fingerprint density at radius 3 is 2.73 bits per heavy atom. The molecule has 0 atom stereocenters. The van der Waals surface area contributed by atoms with Crippen LogP contribution in [0.3, 0.4) is 0 Å². The summed E-state index contributed by atoms with van der Waals surface area (Å²) in [6.07, 6.45) is 1.06. The molecule has 2 fully saturated rings. The Labute approximate surface area is 191 Å². The molecular formula is C22H18ClF3N6O. The minimum Gasteiger partial charge on any atom is -0.367 e. The highest BCUT2D eigenvalue weighted by molar-refractivity contribution is 6.31. The lowest BCUT2D eigenvalue weighted by Gasteiger charge is -2.14. The van der Waals surface area contributed by atoms with Crippen molar-refractivity contribution in [3.63, 3.8) is 0 Å². The lowest BCUT2D eigenvalue weighted by atomic mass is 10.1. The molecule has 1 saturated carbocycles. The standard InChI is InChI=1S/C22H18ClF3N6O/c1-11-12(7-20(33)28-11)6-13-10-27-32-19(30-14-2-3-14)9-18(31-21(13)32)29-15-4-5-17(23)16(8-15)22(24,25)26/h4-6,8-10,14,30H,1-3,7H2,(H,28,33)(H,29,31)/b12-6+. The van der Waals surface area contributed by atoms with Crippen molar-refractivity contribution in [3.05, 3.63) is 64.5 Å². The number of hydrogen-bond acceptors (Lipinski definition) is 5. The zero-order valence-corrected chi connectivity index (χ0v) is 17.9. The molecule has 33 heavy (non-hydrogen) atoms. The molecule has 0 bridgehead atoms. The Morgan fingerprint density at radius 1 is 1.27 bits per heavy atom. The fourth-order valence-electron chi connectivity index (χ4n) is 3.55. The van der Waals surface area contributed by atoms with Gasteiger partial charge in [-0.25, -0.2) is 4.98 Å². The Kier molecular flexibility index (Phi) is 5.04. The average Bonchev–Trinajstić information content (AvgIpc) is 3.37. The van der Waals surface area contributed by atoms with Crippen LogP contribution in [0.5, 0.6) is 0 Å². The Hall–Kier alpha value is -3.53. The maximum absolute atomic E-state index is 13.3. The third-order valence-electron chi connectivity index (χ3n) is 5.33. The molecular weight excluding hydrogens is 457 g/mol. The van der Waals surface area contributed by atoms with Crippen LogP contribution in [0.1, 0.15) is 30.4 Å². The molecule has 1 aromatic carbocycles. The Morgan fingerprint density at radius 2 is 2.06 bits per heavy atom. The van der Waals surface area contributed by atoms with Crippen molar-refractivity contribution in [3.8, 4) is 0 Å². The maximum atomic E-state index is 13.3. The van der Waals surface area contributed by atoms with E-state index in [1.807, 2.05) is 0 Å². The molecule has 0 spiro atoms. The first-order chi connectivity index (χ1) is 15.7. The van der Waals surface area contributed by atoms with Gasteiger partial charge in [0.15, 0.2) is 5.65 Å². The predicted molar refractivity (Wildman–Crippen MR) is 119 cm³/mol. The summed E-state index contributed by atoms with van der Waals surface area (Å²) in [5, 5.41) is 13.0. The number of anilines is 3. The molecule has 11 heteroatoms. The van der Waals surface area contributed by atoms with Gasteiger partial charge in [0.2, 0.25) is 5.91 Å². The molecule has 170 valence electrons. The van der Waals surface area contributed by atoms with Crippen LogP contribution in [-0.2, 0) is 11.0 Å². The van der Waals surface area contributed by atoms with E-state index in [4.69, 9.17) is 11.6 Å². The zero-order chi connectivity index (χ0) is 23.3. The number of allylic oxidation sites excluding steroid dienone is 1. The van der Waals surface area contributed by atoms with Crippen molar-refractivity contribution < 1.29 is 18.0 Å². The number of carbonyl (C=O) groups excluding carboxylic acids is 1. The SMILES string of the molecule is C=C1NC(=O)C/C1=C\c1cnn2c(NC3CC3)cc(Nc3ccc(Cl)c(C(F)(F)F)c3)nc12. The van der Waals surface area contributed by atoms with Crippen LogP contribution >= 0.6 is 11.6 Å².